The Hall–Kier alpha value is -12.1. The van der Waals surface area contributed by atoms with Gasteiger partial charge in [-0.1, -0.05) is 145 Å². The number of hydrogen-bond donors (Lipinski definition) is 9. The van der Waals surface area contributed by atoms with Crippen molar-refractivity contribution < 1.29 is 139 Å². The van der Waals surface area contributed by atoms with Crippen LogP contribution in [0.1, 0.15) is 63.8 Å². The Morgan fingerprint density at radius 3 is 1.22 bits per heavy atom. The van der Waals surface area contributed by atoms with E-state index in [0.29, 0.717) is 118 Å². The van der Waals surface area contributed by atoms with Gasteiger partial charge in [-0.15, -0.1) is 0 Å². The molecule has 11 atom stereocenters. The van der Waals surface area contributed by atoms with Crippen LogP contribution < -0.4 is 51.1 Å². The number of aliphatic hydroxyl groups excluding tert-OH is 2. The van der Waals surface area contributed by atoms with Gasteiger partial charge < -0.3 is 122 Å². The molecule has 31 nitrogen and oxygen atoms in total. The molecule has 5 unspecified atom stereocenters. The number of morpholine rings is 6. The number of nitrogens with two attached hydrogens (primary N) is 2. The average Bonchev–Trinajstić information content (AvgIpc) is 0.826. The van der Waals surface area contributed by atoms with Gasteiger partial charge in [0.25, 0.3) is 11.8 Å². The molecule has 6 aliphatic rings. The molecule has 0 aliphatic carbocycles. The molecule has 11 N–H and O–H groups in total. The van der Waals surface area contributed by atoms with E-state index >= 15 is 0 Å². The number of primary amides is 2. The summed E-state index contributed by atoms with van der Waals surface area (Å²) >= 11 is 11.6. The second kappa shape index (κ2) is 63.9. The standard InChI is InChI=1S/C21H23ClFN3O5.C19H22FNO2.C13H17NO3.C13H19NO2.C12H16FNO2.C12H15NO2.C9H9ClN2O4.C6H5FO.CH3.Pd/c1-13-10-29-17(11-30-16-5-3-15(23)4-6-16)9-26(13)20(27)12-31-19-7-2-14(22)8-18(19)25-21(24)28;1-15-13-22-19(14-23-18-9-7-17(20)8-10-18)12-21(15)11-16-5-3-2-4-6-16;1-10-9-17-12(8-15)13(16)14(10)7-11-5-3-2-4-6-11;1-11-10-16-13(9-15)8-14(11)7-12-5-3-2-4-6-12;1-9-7-15-12(6-14-9)8-16-11-4-2-10(13)3-5-11;1-10-8-15-9-12(14)13(10)7-11-5-3-2-4-6-11;10-5-1-2-7(16-4-8(13)14)6(3-5)12-9(11)15;7-5-1-3-6(8)4-2-5;;/h2-8,13,17H,9-12H2,1H3,(H3,24,25,28);2-10,15,19H,11-14H2,1H3;2-6,10,12,15H,7-9H2,1H3;2-6,11,13,15H,7-10H2,1H3;2-5,9,12,14H,6-8H2,1H3;2-6,10H,7-9H2,1H3;1-3H,4H2,(H,13,14)(H3,11,12,15);1-4,8H;1H3;/q;;;;;;;;-1;/t13-,17?;15-,19?;10-,12?;11-,13?;9-,12?;10-;;;;/m000000..../s1. The molecule has 6 saturated heterocycles. The molecule has 16 rings (SSSR count). The number of aromatic hydroxyl groups is 1. The van der Waals surface area contributed by atoms with E-state index in [2.05, 4.69) is 95.1 Å². The summed E-state index contributed by atoms with van der Waals surface area (Å²) in [6, 6.07) is 72.2. The van der Waals surface area contributed by atoms with Crippen LogP contribution in [0.15, 0.2) is 255 Å². The third kappa shape index (κ3) is 43.5. The Bertz CT molecular complexity index is 5400. The second-order valence-corrected chi connectivity index (χ2v) is 34.8. The van der Waals surface area contributed by atoms with Crippen molar-refractivity contribution >= 4 is 70.3 Å². The Morgan fingerprint density at radius 2 is 0.812 bits per heavy atom. The molecule has 782 valence electrons. The molecule has 10 aromatic carbocycles. The molecule has 0 radical (unpaired) electrons. The number of hydrogen-bond acceptors (Lipinski definition) is 23. The van der Waals surface area contributed by atoms with E-state index in [1.807, 2.05) is 98.5 Å². The number of halogens is 6. The summed E-state index contributed by atoms with van der Waals surface area (Å²) in [5.41, 5.74) is 15.5. The zero-order chi connectivity index (χ0) is 102. The van der Waals surface area contributed by atoms with Gasteiger partial charge in [0.1, 0.15) is 103 Å². The van der Waals surface area contributed by atoms with E-state index in [1.165, 1.54) is 114 Å². The van der Waals surface area contributed by atoms with Crippen LogP contribution in [0.5, 0.6) is 34.5 Å². The monoisotopic (exact) mass is 2130 g/mol. The summed E-state index contributed by atoms with van der Waals surface area (Å²) in [5, 5.41) is 43.9. The van der Waals surface area contributed by atoms with Crippen LogP contribution in [0.4, 0.5) is 38.5 Å². The number of phenolic OH excluding ortho intramolecular Hbond substituents is 1. The quantitative estimate of drug-likeness (QED) is 0.0131. The summed E-state index contributed by atoms with van der Waals surface area (Å²) in [7, 11) is 0. The summed E-state index contributed by atoms with van der Waals surface area (Å²) in [6.45, 7) is 22.2. The fourth-order valence-corrected chi connectivity index (χ4v) is 14.9. The van der Waals surface area contributed by atoms with E-state index < -0.39 is 30.7 Å². The predicted molar refractivity (Wildman–Crippen MR) is 536 cm³/mol. The van der Waals surface area contributed by atoms with Gasteiger partial charge in [0, 0.05) is 94.4 Å². The van der Waals surface area contributed by atoms with E-state index in [1.54, 1.807) is 46.2 Å². The normalized spacial score (nSPS) is 20.1. The molecule has 0 spiro atoms. The van der Waals surface area contributed by atoms with Gasteiger partial charge in [-0.25, -0.2) is 31.9 Å². The summed E-state index contributed by atoms with van der Waals surface area (Å²) in [4.78, 5) is 78.6. The van der Waals surface area contributed by atoms with Gasteiger partial charge >= 0.3 is 18.0 Å². The number of urea groups is 2. The summed E-state index contributed by atoms with van der Waals surface area (Å²) < 4.78 is 111. The van der Waals surface area contributed by atoms with Crippen LogP contribution in [0, 0.1) is 30.7 Å². The minimum absolute atomic E-state index is 0. The smallest absolute Gasteiger partial charge is 0.341 e. The Morgan fingerprint density at radius 1 is 0.438 bits per heavy atom. The van der Waals surface area contributed by atoms with Gasteiger partial charge in [0.15, 0.2) is 19.3 Å². The van der Waals surface area contributed by atoms with Crippen molar-refractivity contribution in [2.45, 2.75) is 134 Å². The van der Waals surface area contributed by atoms with Crippen molar-refractivity contribution in [2.75, 3.05) is 129 Å². The molecule has 0 bridgehead atoms. The minimum atomic E-state index is -1.13. The maximum atomic E-state index is 13.0. The van der Waals surface area contributed by atoms with Crippen LogP contribution in [0.25, 0.3) is 0 Å². The number of carbonyl (C=O) groups is 6. The van der Waals surface area contributed by atoms with E-state index in [-0.39, 0.29) is 173 Å². The molecule has 38 heteroatoms. The first kappa shape index (κ1) is 119. The third-order valence-corrected chi connectivity index (χ3v) is 22.8. The first-order chi connectivity index (χ1) is 68.3. The van der Waals surface area contributed by atoms with Gasteiger partial charge in [-0.3, -0.25) is 24.2 Å². The maximum Gasteiger partial charge on any atom is 0.341 e. The molecule has 6 fully saturated rings. The van der Waals surface area contributed by atoms with E-state index in [9.17, 15) is 46.3 Å². The van der Waals surface area contributed by atoms with Gasteiger partial charge in [-0.05, 0) is 197 Å². The number of anilines is 2. The third-order valence-electron chi connectivity index (χ3n) is 22.3. The fourth-order valence-electron chi connectivity index (χ4n) is 14.5. The summed E-state index contributed by atoms with van der Waals surface area (Å²) in [5.74, 6) is -0.204. The van der Waals surface area contributed by atoms with Crippen molar-refractivity contribution in [3.05, 3.63) is 318 Å². The van der Waals surface area contributed by atoms with Crippen molar-refractivity contribution in [3.63, 3.8) is 0 Å². The van der Waals surface area contributed by atoms with Crippen LogP contribution in [-0.2, 0) is 94.2 Å². The van der Waals surface area contributed by atoms with Gasteiger partial charge in [0.2, 0.25) is 5.91 Å². The van der Waals surface area contributed by atoms with Crippen molar-refractivity contribution in [3.8, 4) is 34.5 Å². The average molecular weight is 2130 g/mol. The van der Waals surface area contributed by atoms with Gasteiger partial charge in [-0.2, -0.15) is 0 Å². The van der Waals surface area contributed by atoms with Crippen molar-refractivity contribution in [1.29, 1.82) is 0 Å². The molecular formula is C106H129Cl2F4N10O21Pd-. The van der Waals surface area contributed by atoms with Crippen molar-refractivity contribution in [1.82, 2.24) is 29.8 Å². The number of carbonyl (C=O) groups excluding carboxylic acids is 5. The number of carboxylic acid groups (broad SMARTS) is 1. The predicted octanol–water partition coefficient (Wildman–Crippen LogP) is 14.9. The first-order valence-corrected chi connectivity index (χ1v) is 47.0. The fraction of sp³-hybridized carbons (Fsp3) is 0.368. The second-order valence-electron chi connectivity index (χ2n) is 33.9. The van der Waals surface area contributed by atoms with E-state index in [4.69, 9.17) is 107 Å². The first-order valence-electron chi connectivity index (χ1n) is 46.3. The number of carboxylic acids is 1. The Kier molecular flexibility index (Phi) is 52.8. The Labute approximate surface area is 861 Å². The molecule has 6 heterocycles. The largest absolute Gasteiger partial charge is 0.508 e. The molecule has 0 aromatic heterocycles. The zero-order valence-corrected chi connectivity index (χ0v) is 84.4. The molecule has 6 aliphatic heterocycles. The number of amides is 7. The van der Waals surface area contributed by atoms with Crippen LogP contribution in [0.2, 0.25) is 10.0 Å². The number of benzene rings is 10. The molecule has 0 saturated carbocycles. The number of nitrogens with one attached hydrogen (secondary N) is 3. The Balaban J connectivity index is 0.000000228. The molecular weight excluding hydrogens is 2000 g/mol. The van der Waals surface area contributed by atoms with Crippen molar-refractivity contribution in [2.24, 2.45) is 11.5 Å². The summed E-state index contributed by atoms with van der Waals surface area (Å²) in [6.07, 6.45) is -0.969. The maximum absolute atomic E-state index is 13.0. The van der Waals surface area contributed by atoms with Gasteiger partial charge in [0.05, 0.1) is 95.0 Å². The molecule has 10 aromatic rings. The minimum Gasteiger partial charge on any atom is -0.508 e. The number of nitrogens with zero attached hydrogens (tertiary/aromatic N) is 5. The number of rotatable bonds is 27. The van der Waals surface area contributed by atoms with Crippen LogP contribution in [-0.4, -0.2) is 266 Å². The molecule has 144 heavy (non-hydrogen) atoms. The number of aliphatic carboxylic acids is 1. The molecule has 7 amide bonds. The van der Waals surface area contributed by atoms with Crippen LogP contribution >= 0.6 is 23.2 Å². The van der Waals surface area contributed by atoms with Crippen LogP contribution in [0.3, 0.4) is 0 Å². The zero-order valence-electron chi connectivity index (χ0n) is 81.4. The number of ether oxygens (including phenoxy) is 11. The topological polar surface area (TPSA) is 389 Å². The number of aliphatic hydroxyl groups is 2. The number of phenols is 1. The SMILES string of the molecule is C[C@H]1COC(CO)C(=O)N1Cc1ccccc1.C[C@H]1COC(CO)CN1Cc1ccccc1.C[C@H]1COC(COc2ccc(F)cc2)CN1.C[C@H]1COC(COc2ccc(F)cc2)CN1C(=O)COc1ccc(Cl)cc1NC(N)=O.C[C@H]1COC(COc2ccc(F)cc2)CN1Cc1ccccc1.C[C@H]1COCC(=O)N1Cc1ccccc1.NC(=O)Nc1cc(Cl)ccc1OCC(=O)O.Oc1ccc(F)cc1.[CH3-].[Pd]. The van der Waals surface area contributed by atoms with E-state index in [0.717, 1.165) is 38.3 Å².